The average molecular weight is 659 g/mol. The van der Waals surface area contributed by atoms with E-state index in [1.165, 1.54) is 98.7 Å². The van der Waals surface area contributed by atoms with Crippen LogP contribution in [0.3, 0.4) is 0 Å². The van der Waals surface area contributed by atoms with Crippen molar-refractivity contribution >= 4 is 43.1 Å². The van der Waals surface area contributed by atoms with Crippen LogP contribution in [0.15, 0.2) is 206 Å². The van der Waals surface area contributed by atoms with Crippen molar-refractivity contribution in [1.82, 2.24) is 0 Å². The summed E-state index contributed by atoms with van der Waals surface area (Å²) in [6.45, 7) is 0. The van der Waals surface area contributed by atoms with Gasteiger partial charge in [-0.3, -0.25) is 0 Å². The normalized spacial score (nSPS) is 11.5. The summed E-state index contributed by atoms with van der Waals surface area (Å²) < 4.78 is 0. The highest BCUT2D eigenvalue weighted by Crippen LogP contribution is 2.45. The fourth-order valence-corrected chi connectivity index (χ4v) is 8.20. The largest absolute Gasteiger partial charge is 0.0622 e. The molecule has 10 rings (SSSR count). The van der Waals surface area contributed by atoms with Crippen molar-refractivity contribution in [3.05, 3.63) is 206 Å². The van der Waals surface area contributed by atoms with Gasteiger partial charge in [0.05, 0.1) is 0 Å². The summed E-state index contributed by atoms with van der Waals surface area (Å²) in [5.74, 6) is 0. The molecule has 0 atom stereocenters. The maximum absolute atomic E-state index is 2.36. The molecule has 0 aliphatic carbocycles. The number of benzene rings is 10. The van der Waals surface area contributed by atoms with E-state index in [9.17, 15) is 0 Å². The SMILES string of the molecule is c1ccc(-c2ccc(-c3cccc(-c4c5ccccc5c(-c5ccc(-c6cc7ccccc7c7ccccc67)cc5)c5ccccc45)c3)cc2)cc1. The fraction of sp³-hybridized carbons (Fsp3) is 0. The van der Waals surface area contributed by atoms with Gasteiger partial charge in [0.1, 0.15) is 0 Å². The Balaban J connectivity index is 1.10. The highest BCUT2D eigenvalue weighted by molar-refractivity contribution is 6.21. The third-order valence-electron chi connectivity index (χ3n) is 10.7. The molecule has 0 heterocycles. The second-order valence-corrected chi connectivity index (χ2v) is 13.6. The summed E-state index contributed by atoms with van der Waals surface area (Å²) in [7, 11) is 0. The first kappa shape index (κ1) is 30.1. The lowest BCUT2D eigenvalue weighted by Gasteiger charge is -2.18. The molecule has 0 heteroatoms. The van der Waals surface area contributed by atoms with Crippen LogP contribution in [-0.4, -0.2) is 0 Å². The van der Waals surface area contributed by atoms with Crippen molar-refractivity contribution in [1.29, 1.82) is 0 Å². The molecule has 0 radical (unpaired) electrons. The van der Waals surface area contributed by atoms with E-state index < -0.39 is 0 Å². The van der Waals surface area contributed by atoms with Crippen molar-refractivity contribution in [3.63, 3.8) is 0 Å². The second-order valence-electron chi connectivity index (χ2n) is 13.6. The van der Waals surface area contributed by atoms with Gasteiger partial charge < -0.3 is 0 Å². The number of hydrogen-bond donors (Lipinski definition) is 0. The molecule has 0 unspecified atom stereocenters. The smallest absolute Gasteiger partial charge is 0.00262 e. The summed E-state index contributed by atoms with van der Waals surface area (Å²) in [6, 6.07) is 75.4. The second kappa shape index (κ2) is 12.5. The third-order valence-corrected chi connectivity index (χ3v) is 10.7. The van der Waals surface area contributed by atoms with Gasteiger partial charge >= 0.3 is 0 Å². The third kappa shape index (κ3) is 5.08. The molecule has 0 bridgehead atoms. The van der Waals surface area contributed by atoms with E-state index in [0.29, 0.717) is 0 Å². The summed E-state index contributed by atoms with van der Waals surface area (Å²) in [5.41, 5.74) is 12.4. The van der Waals surface area contributed by atoms with Crippen LogP contribution in [0, 0.1) is 0 Å². The van der Waals surface area contributed by atoms with Gasteiger partial charge in [0.25, 0.3) is 0 Å². The minimum absolute atomic E-state index is 1.21. The highest BCUT2D eigenvalue weighted by Gasteiger charge is 2.17. The van der Waals surface area contributed by atoms with E-state index >= 15 is 0 Å². The molecule has 10 aromatic carbocycles. The topological polar surface area (TPSA) is 0 Å². The summed E-state index contributed by atoms with van der Waals surface area (Å²) >= 11 is 0. The zero-order chi connectivity index (χ0) is 34.4. The lowest BCUT2D eigenvalue weighted by Crippen LogP contribution is -1.91. The van der Waals surface area contributed by atoms with Gasteiger partial charge in [-0.2, -0.15) is 0 Å². The first-order valence-electron chi connectivity index (χ1n) is 18.0. The maximum Gasteiger partial charge on any atom is -0.00262 e. The van der Waals surface area contributed by atoms with Gasteiger partial charge in [0.15, 0.2) is 0 Å². The summed E-state index contributed by atoms with van der Waals surface area (Å²) in [6.07, 6.45) is 0. The average Bonchev–Trinajstić information content (AvgIpc) is 3.23. The van der Waals surface area contributed by atoms with Crippen LogP contribution >= 0.6 is 0 Å². The first-order chi connectivity index (χ1) is 25.8. The quantitative estimate of drug-likeness (QED) is 0.128. The van der Waals surface area contributed by atoms with Gasteiger partial charge in [-0.25, -0.2) is 0 Å². The minimum Gasteiger partial charge on any atom is -0.0622 e. The number of fused-ring (bicyclic) bond motifs is 5. The highest BCUT2D eigenvalue weighted by atomic mass is 14.2. The van der Waals surface area contributed by atoms with Crippen LogP contribution in [0.1, 0.15) is 0 Å². The standard InChI is InChI=1S/C52H34/c1-2-13-35(14-3-1)36-25-27-37(28-26-36)40-16-12-17-42(33-40)52-48-23-10-8-21-46(48)51(47-22-9-11-24-49(47)52)39-31-29-38(30-32-39)50-34-41-15-4-5-18-43(41)44-19-6-7-20-45(44)50/h1-34H. The Bertz CT molecular complexity index is 2860. The first-order valence-corrected chi connectivity index (χ1v) is 18.0. The van der Waals surface area contributed by atoms with E-state index in [-0.39, 0.29) is 0 Å². The predicted octanol–water partition coefficient (Wildman–Crippen LogP) is 14.6. The fourth-order valence-electron chi connectivity index (χ4n) is 8.20. The van der Waals surface area contributed by atoms with Crippen LogP contribution in [0.2, 0.25) is 0 Å². The van der Waals surface area contributed by atoms with Gasteiger partial charge in [0.2, 0.25) is 0 Å². The molecule has 242 valence electrons. The molecule has 10 aromatic rings. The van der Waals surface area contributed by atoms with Crippen LogP contribution in [0.4, 0.5) is 0 Å². The Kier molecular flexibility index (Phi) is 7.25. The van der Waals surface area contributed by atoms with Gasteiger partial charge in [-0.1, -0.05) is 194 Å². The van der Waals surface area contributed by atoms with Gasteiger partial charge in [-0.05, 0) is 111 Å². The van der Waals surface area contributed by atoms with Crippen molar-refractivity contribution < 1.29 is 0 Å². The molecule has 0 fully saturated rings. The molecular formula is C52H34. The molecular weight excluding hydrogens is 625 g/mol. The molecule has 0 amide bonds. The lowest BCUT2D eigenvalue weighted by atomic mass is 9.85. The molecule has 0 aliphatic rings. The molecule has 0 saturated carbocycles. The Morgan fingerprint density at radius 3 is 1.23 bits per heavy atom. The predicted molar refractivity (Wildman–Crippen MR) is 224 cm³/mol. The van der Waals surface area contributed by atoms with Crippen LogP contribution in [0.5, 0.6) is 0 Å². The van der Waals surface area contributed by atoms with E-state index in [2.05, 4.69) is 206 Å². The maximum atomic E-state index is 2.36. The van der Waals surface area contributed by atoms with Crippen molar-refractivity contribution in [3.8, 4) is 55.6 Å². The summed E-state index contributed by atoms with van der Waals surface area (Å²) in [4.78, 5) is 0. The van der Waals surface area contributed by atoms with E-state index in [0.717, 1.165) is 0 Å². The number of hydrogen-bond acceptors (Lipinski definition) is 0. The lowest BCUT2D eigenvalue weighted by molar-refractivity contribution is 1.58. The Hall–Kier alpha value is -6.76. The summed E-state index contributed by atoms with van der Waals surface area (Å²) in [5, 5.41) is 10.2. The minimum atomic E-state index is 1.21. The molecule has 0 aromatic heterocycles. The van der Waals surface area contributed by atoms with Crippen LogP contribution < -0.4 is 0 Å². The number of rotatable bonds is 5. The molecule has 52 heavy (non-hydrogen) atoms. The van der Waals surface area contributed by atoms with E-state index in [4.69, 9.17) is 0 Å². The zero-order valence-electron chi connectivity index (χ0n) is 28.6. The molecule has 0 N–H and O–H groups in total. The van der Waals surface area contributed by atoms with E-state index in [1.807, 2.05) is 0 Å². The van der Waals surface area contributed by atoms with Gasteiger partial charge in [0, 0.05) is 0 Å². The zero-order valence-corrected chi connectivity index (χ0v) is 28.6. The molecule has 0 saturated heterocycles. The van der Waals surface area contributed by atoms with Crippen molar-refractivity contribution in [2.75, 3.05) is 0 Å². The molecule has 0 aliphatic heterocycles. The Morgan fingerprint density at radius 2 is 0.596 bits per heavy atom. The van der Waals surface area contributed by atoms with Crippen molar-refractivity contribution in [2.45, 2.75) is 0 Å². The monoisotopic (exact) mass is 658 g/mol. The van der Waals surface area contributed by atoms with E-state index in [1.54, 1.807) is 0 Å². The molecule has 0 nitrogen and oxygen atoms in total. The van der Waals surface area contributed by atoms with Crippen LogP contribution in [0.25, 0.3) is 98.7 Å². The van der Waals surface area contributed by atoms with Crippen LogP contribution in [-0.2, 0) is 0 Å². The van der Waals surface area contributed by atoms with Crippen molar-refractivity contribution in [2.24, 2.45) is 0 Å². The Labute approximate surface area is 303 Å². The van der Waals surface area contributed by atoms with Gasteiger partial charge in [-0.15, -0.1) is 0 Å². The Morgan fingerprint density at radius 1 is 0.192 bits per heavy atom. The molecule has 0 spiro atoms.